The van der Waals surface area contributed by atoms with Gasteiger partial charge < -0.3 is 10.6 Å². The van der Waals surface area contributed by atoms with E-state index in [1.165, 1.54) is 0 Å². The Morgan fingerprint density at radius 2 is 1.62 bits per heavy atom. The molecule has 4 nitrogen and oxygen atoms in total. The van der Waals surface area contributed by atoms with Gasteiger partial charge in [0, 0.05) is 19.5 Å². The summed E-state index contributed by atoms with van der Waals surface area (Å²) >= 11 is 18.1. The zero-order valence-electron chi connectivity index (χ0n) is 11.7. The Hall–Kier alpha value is -1.23. The SMILES string of the molecule is CCCc1nc(NC)cc(Nc2cc(Cl)c(Cl)cc2Cl)n1. The van der Waals surface area contributed by atoms with Gasteiger partial charge in [-0.2, -0.15) is 0 Å². The molecule has 2 aromatic rings. The van der Waals surface area contributed by atoms with Gasteiger partial charge in [0.25, 0.3) is 0 Å². The van der Waals surface area contributed by atoms with E-state index in [0.29, 0.717) is 26.6 Å². The second-order valence-electron chi connectivity index (χ2n) is 4.43. The number of aryl methyl sites for hydroxylation is 1. The lowest BCUT2D eigenvalue weighted by Gasteiger charge is -2.11. The van der Waals surface area contributed by atoms with Crippen LogP contribution in [0.4, 0.5) is 17.3 Å². The van der Waals surface area contributed by atoms with Gasteiger partial charge in [0.2, 0.25) is 0 Å². The van der Waals surface area contributed by atoms with Crippen LogP contribution in [0.5, 0.6) is 0 Å². The van der Waals surface area contributed by atoms with Crippen molar-refractivity contribution in [2.24, 2.45) is 0 Å². The molecule has 0 fully saturated rings. The van der Waals surface area contributed by atoms with Crippen molar-refractivity contribution in [3.8, 4) is 0 Å². The third-order valence-electron chi connectivity index (χ3n) is 2.77. The van der Waals surface area contributed by atoms with E-state index < -0.39 is 0 Å². The molecular weight excluding hydrogens is 331 g/mol. The minimum Gasteiger partial charge on any atom is -0.373 e. The number of hydrogen-bond acceptors (Lipinski definition) is 4. The van der Waals surface area contributed by atoms with Gasteiger partial charge >= 0.3 is 0 Å². The van der Waals surface area contributed by atoms with Gasteiger partial charge in [-0.3, -0.25) is 0 Å². The maximum atomic E-state index is 6.16. The monoisotopic (exact) mass is 344 g/mol. The highest BCUT2D eigenvalue weighted by Gasteiger charge is 2.09. The Bertz CT molecular complexity index is 646. The Kier molecular flexibility index (Phi) is 5.51. The molecule has 1 aromatic carbocycles. The average Bonchev–Trinajstić information content (AvgIpc) is 2.45. The van der Waals surface area contributed by atoms with E-state index >= 15 is 0 Å². The predicted octanol–water partition coefficient (Wildman–Crippen LogP) is 5.17. The van der Waals surface area contributed by atoms with Gasteiger partial charge in [-0.15, -0.1) is 0 Å². The molecule has 0 aliphatic rings. The second kappa shape index (κ2) is 7.16. The van der Waals surface area contributed by atoms with Gasteiger partial charge in [0.05, 0.1) is 20.8 Å². The molecule has 0 saturated carbocycles. The van der Waals surface area contributed by atoms with Crippen molar-refractivity contribution in [3.05, 3.63) is 39.1 Å². The minimum atomic E-state index is 0.414. The molecular formula is C14H15Cl3N4. The Labute approximate surface area is 138 Å². The van der Waals surface area contributed by atoms with Crippen molar-refractivity contribution in [1.29, 1.82) is 0 Å². The largest absolute Gasteiger partial charge is 0.373 e. The fraction of sp³-hybridized carbons (Fsp3) is 0.286. The van der Waals surface area contributed by atoms with Crippen molar-refractivity contribution in [2.75, 3.05) is 17.7 Å². The molecule has 0 saturated heterocycles. The van der Waals surface area contributed by atoms with Crippen molar-refractivity contribution >= 4 is 52.1 Å². The van der Waals surface area contributed by atoms with Crippen molar-refractivity contribution < 1.29 is 0 Å². The highest BCUT2D eigenvalue weighted by Crippen LogP contribution is 2.33. The summed E-state index contributed by atoms with van der Waals surface area (Å²) in [6, 6.07) is 5.08. The lowest BCUT2D eigenvalue weighted by Crippen LogP contribution is -2.04. The third-order valence-corrected chi connectivity index (χ3v) is 3.81. The van der Waals surface area contributed by atoms with E-state index in [9.17, 15) is 0 Å². The number of aromatic nitrogens is 2. The molecule has 1 heterocycles. The molecule has 0 spiro atoms. The first-order valence-corrected chi connectivity index (χ1v) is 7.64. The van der Waals surface area contributed by atoms with Crippen LogP contribution >= 0.6 is 34.8 Å². The zero-order valence-corrected chi connectivity index (χ0v) is 13.9. The van der Waals surface area contributed by atoms with Gasteiger partial charge in [0.1, 0.15) is 17.5 Å². The quantitative estimate of drug-likeness (QED) is 0.734. The summed E-state index contributed by atoms with van der Waals surface area (Å²) in [5.74, 6) is 2.16. The number of rotatable bonds is 5. The first-order valence-electron chi connectivity index (χ1n) is 6.50. The normalized spacial score (nSPS) is 10.5. The lowest BCUT2D eigenvalue weighted by molar-refractivity contribution is 0.838. The summed E-state index contributed by atoms with van der Waals surface area (Å²) < 4.78 is 0. The van der Waals surface area contributed by atoms with E-state index in [4.69, 9.17) is 34.8 Å². The number of hydrogen-bond donors (Lipinski definition) is 2. The van der Waals surface area contributed by atoms with Crippen LogP contribution in [0.3, 0.4) is 0 Å². The predicted molar refractivity (Wildman–Crippen MR) is 90.3 cm³/mol. The number of nitrogens with one attached hydrogen (secondary N) is 2. The highest BCUT2D eigenvalue weighted by molar-refractivity contribution is 6.44. The van der Waals surface area contributed by atoms with Crippen LogP contribution in [-0.2, 0) is 6.42 Å². The van der Waals surface area contributed by atoms with E-state index in [1.807, 2.05) is 7.05 Å². The van der Waals surface area contributed by atoms with Gasteiger partial charge in [0.15, 0.2) is 0 Å². The first kappa shape index (κ1) is 16.1. The summed E-state index contributed by atoms with van der Waals surface area (Å²) in [4.78, 5) is 8.86. The average molecular weight is 346 g/mol. The smallest absolute Gasteiger partial charge is 0.136 e. The molecule has 0 aliphatic heterocycles. The van der Waals surface area contributed by atoms with Crippen molar-refractivity contribution in [3.63, 3.8) is 0 Å². The summed E-state index contributed by atoms with van der Waals surface area (Å²) in [6.07, 6.45) is 1.78. The minimum absolute atomic E-state index is 0.414. The molecule has 0 aliphatic carbocycles. The summed E-state index contributed by atoms with van der Waals surface area (Å²) in [5, 5.41) is 7.49. The lowest BCUT2D eigenvalue weighted by atomic mass is 10.3. The van der Waals surface area contributed by atoms with Crippen LogP contribution in [0, 0.1) is 0 Å². The molecule has 112 valence electrons. The van der Waals surface area contributed by atoms with Crippen LogP contribution in [-0.4, -0.2) is 17.0 Å². The highest BCUT2D eigenvalue weighted by atomic mass is 35.5. The second-order valence-corrected chi connectivity index (χ2v) is 5.65. The number of halogens is 3. The Morgan fingerprint density at radius 3 is 2.29 bits per heavy atom. The zero-order chi connectivity index (χ0) is 15.4. The molecule has 7 heteroatoms. The maximum absolute atomic E-state index is 6.16. The van der Waals surface area contributed by atoms with Gasteiger partial charge in [-0.05, 0) is 18.6 Å². The molecule has 2 rings (SSSR count). The van der Waals surface area contributed by atoms with E-state index in [0.717, 1.165) is 24.5 Å². The Balaban J connectivity index is 2.34. The number of nitrogens with zero attached hydrogens (tertiary/aromatic N) is 2. The number of anilines is 3. The molecule has 1 aromatic heterocycles. The van der Waals surface area contributed by atoms with Gasteiger partial charge in [-0.25, -0.2) is 9.97 Å². The van der Waals surface area contributed by atoms with Crippen LogP contribution in [0.1, 0.15) is 19.2 Å². The van der Waals surface area contributed by atoms with Crippen LogP contribution < -0.4 is 10.6 Å². The topological polar surface area (TPSA) is 49.8 Å². The molecule has 0 amide bonds. The standard InChI is InChI=1S/C14H15Cl3N4/c1-3-4-12-20-13(18-2)7-14(21-12)19-11-6-9(16)8(15)5-10(11)17/h5-7H,3-4H2,1-2H3,(H2,18,19,20,21). The van der Waals surface area contributed by atoms with Crippen LogP contribution in [0.15, 0.2) is 18.2 Å². The maximum Gasteiger partial charge on any atom is 0.136 e. The fourth-order valence-corrected chi connectivity index (χ4v) is 2.38. The van der Waals surface area contributed by atoms with Crippen molar-refractivity contribution in [2.45, 2.75) is 19.8 Å². The molecule has 2 N–H and O–H groups in total. The molecule has 21 heavy (non-hydrogen) atoms. The molecule has 0 atom stereocenters. The van der Waals surface area contributed by atoms with Crippen LogP contribution in [0.25, 0.3) is 0 Å². The fourth-order valence-electron chi connectivity index (χ4n) is 1.78. The molecule has 0 bridgehead atoms. The van der Waals surface area contributed by atoms with Crippen LogP contribution in [0.2, 0.25) is 15.1 Å². The van der Waals surface area contributed by atoms with Crippen molar-refractivity contribution in [1.82, 2.24) is 9.97 Å². The summed E-state index contributed by atoms with van der Waals surface area (Å²) in [7, 11) is 1.81. The Morgan fingerprint density at radius 1 is 0.952 bits per heavy atom. The number of benzene rings is 1. The van der Waals surface area contributed by atoms with E-state index in [1.54, 1.807) is 18.2 Å². The molecule has 0 radical (unpaired) electrons. The molecule has 0 unspecified atom stereocenters. The van der Waals surface area contributed by atoms with E-state index in [2.05, 4.69) is 27.5 Å². The summed E-state index contributed by atoms with van der Waals surface area (Å²) in [5.41, 5.74) is 0.647. The van der Waals surface area contributed by atoms with E-state index in [-0.39, 0.29) is 0 Å². The van der Waals surface area contributed by atoms with Gasteiger partial charge in [-0.1, -0.05) is 41.7 Å². The first-order chi connectivity index (χ1) is 10.0. The summed E-state index contributed by atoms with van der Waals surface area (Å²) in [6.45, 7) is 2.08. The third kappa shape index (κ3) is 4.13.